The first-order chi connectivity index (χ1) is 12.7. The van der Waals surface area contributed by atoms with Crippen LogP contribution in [0.5, 0.6) is 0 Å². The van der Waals surface area contributed by atoms with Crippen molar-refractivity contribution < 1.29 is 13.7 Å². The number of carbonyl (C=O) groups is 1. The summed E-state index contributed by atoms with van der Waals surface area (Å²) in [5, 5.41) is 4.09. The summed E-state index contributed by atoms with van der Waals surface area (Å²) in [6.45, 7) is 1.16. The molecule has 4 rings (SSSR count). The lowest BCUT2D eigenvalue weighted by molar-refractivity contribution is 0.0710. The van der Waals surface area contributed by atoms with Crippen LogP contribution < -0.4 is 0 Å². The molecule has 0 saturated carbocycles. The molecule has 132 valence electrons. The third-order valence-corrected chi connectivity index (χ3v) is 4.57. The van der Waals surface area contributed by atoms with E-state index in [4.69, 9.17) is 4.52 Å². The minimum atomic E-state index is -0.402. The summed E-state index contributed by atoms with van der Waals surface area (Å²) in [5.74, 6) is 0.696. The molecule has 0 atom stereocenters. The molecule has 0 spiro atoms. The maximum absolute atomic E-state index is 13.3. The average Bonchev–Trinajstić information content (AvgIpc) is 3.18. The maximum atomic E-state index is 13.3. The van der Waals surface area contributed by atoms with Gasteiger partial charge in [0.2, 0.25) is 0 Å². The van der Waals surface area contributed by atoms with Gasteiger partial charge in [0.15, 0.2) is 5.82 Å². The SMILES string of the molecule is O=C(c1cccc(F)c1)N1CCC(c2noc(-c3cccnc3)n2)CC1. The molecule has 1 aliphatic heterocycles. The summed E-state index contributed by atoms with van der Waals surface area (Å²) in [4.78, 5) is 22.8. The van der Waals surface area contributed by atoms with Gasteiger partial charge < -0.3 is 9.42 Å². The van der Waals surface area contributed by atoms with Crippen LogP contribution >= 0.6 is 0 Å². The van der Waals surface area contributed by atoms with E-state index in [1.807, 2.05) is 12.1 Å². The normalized spacial score (nSPS) is 15.2. The molecule has 2 aromatic heterocycles. The molecule has 1 aromatic carbocycles. The Morgan fingerprint density at radius 1 is 1.19 bits per heavy atom. The molecule has 0 bridgehead atoms. The van der Waals surface area contributed by atoms with Gasteiger partial charge in [0, 0.05) is 37.0 Å². The number of hydrogen-bond acceptors (Lipinski definition) is 5. The molecular weight excluding hydrogens is 335 g/mol. The quantitative estimate of drug-likeness (QED) is 0.723. The first-order valence-corrected chi connectivity index (χ1v) is 8.49. The van der Waals surface area contributed by atoms with Crippen LogP contribution in [0.25, 0.3) is 11.5 Å². The van der Waals surface area contributed by atoms with Gasteiger partial charge in [-0.1, -0.05) is 11.2 Å². The Balaban J connectivity index is 1.41. The van der Waals surface area contributed by atoms with E-state index in [1.165, 1.54) is 12.1 Å². The predicted molar refractivity (Wildman–Crippen MR) is 91.8 cm³/mol. The topological polar surface area (TPSA) is 72.1 Å². The number of nitrogens with zero attached hydrogens (tertiary/aromatic N) is 4. The Morgan fingerprint density at radius 2 is 2.04 bits per heavy atom. The van der Waals surface area contributed by atoms with Crippen molar-refractivity contribution in [3.63, 3.8) is 0 Å². The predicted octanol–water partition coefficient (Wildman–Crippen LogP) is 3.29. The first-order valence-electron chi connectivity index (χ1n) is 8.49. The summed E-state index contributed by atoms with van der Waals surface area (Å²) in [7, 11) is 0. The molecule has 0 aliphatic carbocycles. The second kappa shape index (κ2) is 7.03. The van der Waals surface area contributed by atoms with E-state index in [2.05, 4.69) is 15.1 Å². The highest BCUT2D eigenvalue weighted by molar-refractivity contribution is 5.94. The number of carbonyl (C=O) groups excluding carboxylic acids is 1. The summed E-state index contributed by atoms with van der Waals surface area (Å²) in [6, 6.07) is 9.47. The molecule has 1 fully saturated rings. The summed E-state index contributed by atoms with van der Waals surface area (Å²) >= 11 is 0. The average molecular weight is 352 g/mol. The maximum Gasteiger partial charge on any atom is 0.259 e. The molecule has 6 nitrogen and oxygen atoms in total. The highest BCUT2D eigenvalue weighted by atomic mass is 19.1. The fraction of sp³-hybridized carbons (Fsp3) is 0.263. The van der Waals surface area contributed by atoms with E-state index >= 15 is 0 Å². The molecule has 0 N–H and O–H groups in total. The second-order valence-electron chi connectivity index (χ2n) is 6.28. The van der Waals surface area contributed by atoms with Crippen LogP contribution in [0, 0.1) is 5.82 Å². The zero-order valence-corrected chi connectivity index (χ0v) is 14.0. The van der Waals surface area contributed by atoms with Crippen molar-refractivity contribution in [2.24, 2.45) is 0 Å². The number of likely N-dealkylation sites (tertiary alicyclic amines) is 1. The molecule has 1 saturated heterocycles. The largest absolute Gasteiger partial charge is 0.339 e. The molecule has 26 heavy (non-hydrogen) atoms. The van der Waals surface area contributed by atoms with Crippen molar-refractivity contribution in [3.05, 3.63) is 66.0 Å². The number of hydrogen-bond donors (Lipinski definition) is 0. The van der Waals surface area contributed by atoms with Gasteiger partial charge in [0.05, 0.1) is 5.56 Å². The Morgan fingerprint density at radius 3 is 2.77 bits per heavy atom. The lowest BCUT2D eigenvalue weighted by Crippen LogP contribution is -2.38. The van der Waals surface area contributed by atoms with Crippen LogP contribution in [0.4, 0.5) is 4.39 Å². The van der Waals surface area contributed by atoms with Crippen molar-refractivity contribution in [2.45, 2.75) is 18.8 Å². The van der Waals surface area contributed by atoms with E-state index in [0.717, 1.165) is 18.4 Å². The van der Waals surface area contributed by atoms with Crippen molar-refractivity contribution in [2.75, 3.05) is 13.1 Å². The van der Waals surface area contributed by atoms with Gasteiger partial charge in [0.1, 0.15) is 5.82 Å². The van der Waals surface area contributed by atoms with Crippen LogP contribution in [-0.2, 0) is 0 Å². The minimum absolute atomic E-state index is 0.140. The minimum Gasteiger partial charge on any atom is -0.339 e. The molecule has 0 radical (unpaired) electrons. The molecule has 3 heterocycles. The van der Waals surface area contributed by atoms with Crippen LogP contribution in [0.3, 0.4) is 0 Å². The number of pyridine rings is 1. The summed E-state index contributed by atoms with van der Waals surface area (Å²) in [6.07, 6.45) is 4.85. The van der Waals surface area contributed by atoms with Gasteiger partial charge in [0.25, 0.3) is 11.8 Å². The fourth-order valence-corrected chi connectivity index (χ4v) is 3.15. The van der Waals surface area contributed by atoms with E-state index in [1.54, 1.807) is 29.4 Å². The van der Waals surface area contributed by atoms with E-state index in [9.17, 15) is 9.18 Å². The van der Waals surface area contributed by atoms with Gasteiger partial charge in [-0.3, -0.25) is 9.78 Å². The number of benzene rings is 1. The standard InChI is InChI=1S/C19H17FN4O2/c20-16-5-1-3-14(11-16)19(25)24-9-6-13(7-10-24)17-22-18(26-23-17)15-4-2-8-21-12-15/h1-5,8,11-13H,6-7,9-10H2. The first kappa shape index (κ1) is 16.4. The van der Waals surface area contributed by atoms with Crippen molar-refractivity contribution in [1.29, 1.82) is 0 Å². The zero-order valence-electron chi connectivity index (χ0n) is 14.0. The van der Waals surface area contributed by atoms with Gasteiger partial charge in [-0.05, 0) is 43.2 Å². The summed E-state index contributed by atoms with van der Waals surface area (Å²) in [5.41, 5.74) is 1.16. The highest BCUT2D eigenvalue weighted by Crippen LogP contribution is 2.28. The smallest absolute Gasteiger partial charge is 0.259 e. The van der Waals surface area contributed by atoms with E-state index in [0.29, 0.717) is 30.4 Å². The van der Waals surface area contributed by atoms with Crippen LogP contribution in [0.15, 0.2) is 53.3 Å². The van der Waals surface area contributed by atoms with Crippen LogP contribution in [-0.4, -0.2) is 39.0 Å². The molecule has 0 unspecified atom stereocenters. The Kier molecular flexibility index (Phi) is 4.43. The molecule has 7 heteroatoms. The zero-order chi connectivity index (χ0) is 17.9. The molecule has 1 amide bonds. The number of rotatable bonds is 3. The summed E-state index contributed by atoms with van der Waals surface area (Å²) < 4.78 is 18.7. The van der Waals surface area contributed by atoms with Gasteiger partial charge in [-0.15, -0.1) is 0 Å². The van der Waals surface area contributed by atoms with Gasteiger partial charge in [-0.25, -0.2) is 4.39 Å². The monoisotopic (exact) mass is 352 g/mol. The van der Waals surface area contributed by atoms with Crippen LogP contribution in [0.1, 0.15) is 34.9 Å². The Bertz CT molecular complexity index is 905. The molecule has 1 aliphatic rings. The van der Waals surface area contributed by atoms with Crippen molar-refractivity contribution >= 4 is 5.91 Å². The number of aromatic nitrogens is 3. The third-order valence-electron chi connectivity index (χ3n) is 4.57. The number of piperidine rings is 1. The molecular formula is C19H17FN4O2. The van der Waals surface area contributed by atoms with Gasteiger partial charge in [-0.2, -0.15) is 4.98 Å². The van der Waals surface area contributed by atoms with Crippen molar-refractivity contribution in [1.82, 2.24) is 20.0 Å². The fourth-order valence-electron chi connectivity index (χ4n) is 3.15. The molecule has 3 aromatic rings. The third kappa shape index (κ3) is 3.33. The Hall–Kier alpha value is -3.09. The van der Waals surface area contributed by atoms with Crippen LogP contribution in [0.2, 0.25) is 0 Å². The van der Waals surface area contributed by atoms with Gasteiger partial charge >= 0.3 is 0 Å². The second-order valence-corrected chi connectivity index (χ2v) is 6.28. The number of halogens is 1. The lowest BCUT2D eigenvalue weighted by atomic mass is 9.95. The lowest BCUT2D eigenvalue weighted by Gasteiger charge is -2.30. The van der Waals surface area contributed by atoms with E-state index < -0.39 is 5.82 Å². The highest BCUT2D eigenvalue weighted by Gasteiger charge is 2.27. The van der Waals surface area contributed by atoms with E-state index in [-0.39, 0.29) is 11.8 Å². The Labute approximate surface area is 149 Å². The van der Waals surface area contributed by atoms with Crippen molar-refractivity contribution in [3.8, 4) is 11.5 Å². The number of amides is 1.